The van der Waals surface area contributed by atoms with E-state index in [2.05, 4.69) is 13.8 Å². The monoisotopic (exact) mass is 555 g/mol. The number of anilines is 1. The Labute approximate surface area is 196 Å². The lowest BCUT2D eigenvalue weighted by Crippen LogP contribution is -2.52. The Kier molecular flexibility index (Phi) is 11.1. The van der Waals surface area contributed by atoms with Crippen LogP contribution < -0.4 is 11.4 Å². The molecule has 0 spiro atoms. The molecule has 21 heteroatoms. The zero-order valence-electron chi connectivity index (χ0n) is 17.8. The average Bonchev–Trinajstić information content (AvgIpc) is 2.99. The summed E-state index contributed by atoms with van der Waals surface area (Å²) in [5.41, 5.74) is 2.05. The van der Waals surface area contributed by atoms with Gasteiger partial charge in [-0.25, -0.2) is 13.9 Å². The lowest BCUT2D eigenvalue weighted by Gasteiger charge is -2.32. The highest BCUT2D eigenvalue weighted by Gasteiger charge is 2.45. The van der Waals surface area contributed by atoms with Crippen molar-refractivity contribution in [2.45, 2.75) is 49.5 Å². The summed E-state index contributed by atoms with van der Waals surface area (Å²) in [4.78, 5) is 40.4. The molecule has 204 valence electrons. The SMILES string of the molecule is C[C@](O)(C(O)OP(=O)(O)OP(=O)(O)O)[C@H](O)CO.Nc1ccn([C@@H]2O[C@H](CO)[C@@H](O)[C@H]2O)c(=O)n1. The molecule has 1 aromatic rings. The topological polar surface area (TPSA) is 325 Å². The quantitative estimate of drug-likeness (QED) is 0.100. The maximum absolute atomic E-state index is 11.5. The van der Waals surface area contributed by atoms with Crippen molar-refractivity contribution in [3.05, 3.63) is 22.7 Å². The number of phosphoric ester groups is 1. The molecule has 35 heavy (non-hydrogen) atoms. The van der Waals surface area contributed by atoms with E-state index in [0.29, 0.717) is 0 Å². The van der Waals surface area contributed by atoms with Gasteiger partial charge in [0.05, 0.1) is 13.2 Å². The lowest BCUT2D eigenvalue weighted by atomic mass is 9.99. The molecule has 0 radical (unpaired) electrons. The number of ether oxygens (including phenoxy) is 1. The van der Waals surface area contributed by atoms with Crippen LogP contribution in [-0.2, 0) is 22.7 Å². The number of aliphatic hydroxyl groups is 7. The number of nitrogen functional groups attached to an aromatic ring is 1. The minimum absolute atomic E-state index is 0.0537. The number of aliphatic hydroxyl groups excluding tert-OH is 6. The van der Waals surface area contributed by atoms with Crippen LogP contribution in [0.25, 0.3) is 0 Å². The number of hydrogen-bond donors (Lipinski definition) is 11. The van der Waals surface area contributed by atoms with E-state index in [0.717, 1.165) is 11.5 Å². The van der Waals surface area contributed by atoms with Gasteiger partial charge in [-0.1, -0.05) is 0 Å². The molecule has 19 nitrogen and oxygen atoms in total. The van der Waals surface area contributed by atoms with E-state index in [9.17, 15) is 34.4 Å². The number of aromatic nitrogens is 2. The molecule has 2 heterocycles. The van der Waals surface area contributed by atoms with Gasteiger partial charge in [0.15, 0.2) is 12.5 Å². The third kappa shape index (κ3) is 8.90. The van der Waals surface area contributed by atoms with Crippen LogP contribution in [0, 0.1) is 0 Å². The van der Waals surface area contributed by atoms with Crippen LogP contribution in [0.4, 0.5) is 5.82 Å². The van der Waals surface area contributed by atoms with Crippen LogP contribution in [0.5, 0.6) is 0 Å². The van der Waals surface area contributed by atoms with E-state index in [4.69, 9.17) is 40.5 Å². The van der Waals surface area contributed by atoms with Gasteiger partial charge in [0, 0.05) is 6.20 Å². The molecule has 1 saturated heterocycles. The second-order valence-electron chi connectivity index (χ2n) is 7.19. The molecular formula is C14H27N3O16P2. The smallest absolute Gasteiger partial charge is 0.394 e. The molecule has 1 fully saturated rings. The molecule has 0 bridgehead atoms. The van der Waals surface area contributed by atoms with Gasteiger partial charge in [-0.3, -0.25) is 9.09 Å². The fourth-order valence-electron chi connectivity index (χ4n) is 2.47. The summed E-state index contributed by atoms with van der Waals surface area (Å²) in [6, 6.07) is 1.37. The van der Waals surface area contributed by atoms with Gasteiger partial charge in [-0.15, -0.1) is 0 Å². The van der Waals surface area contributed by atoms with Crippen LogP contribution in [0.15, 0.2) is 17.1 Å². The number of rotatable bonds is 9. The highest BCUT2D eigenvalue weighted by Crippen LogP contribution is 2.58. The van der Waals surface area contributed by atoms with E-state index < -0.39 is 77.1 Å². The van der Waals surface area contributed by atoms with Crippen molar-refractivity contribution in [2.75, 3.05) is 18.9 Å². The molecule has 0 aromatic carbocycles. The maximum atomic E-state index is 11.5. The van der Waals surface area contributed by atoms with Crippen molar-refractivity contribution in [2.24, 2.45) is 0 Å². The van der Waals surface area contributed by atoms with Crippen molar-refractivity contribution in [3.8, 4) is 0 Å². The van der Waals surface area contributed by atoms with Crippen molar-refractivity contribution in [1.82, 2.24) is 9.55 Å². The highest BCUT2D eigenvalue weighted by atomic mass is 31.3. The minimum Gasteiger partial charge on any atom is -0.394 e. The molecule has 2 unspecified atom stereocenters. The first-order valence-corrected chi connectivity index (χ1v) is 12.3. The molecule has 1 aliphatic rings. The van der Waals surface area contributed by atoms with E-state index in [-0.39, 0.29) is 5.82 Å². The van der Waals surface area contributed by atoms with Crippen LogP contribution in [0.2, 0.25) is 0 Å². The third-order valence-corrected chi connectivity index (χ3v) is 6.58. The van der Waals surface area contributed by atoms with Crippen LogP contribution in [0.1, 0.15) is 13.2 Å². The van der Waals surface area contributed by atoms with Gasteiger partial charge < -0.3 is 60.9 Å². The Morgan fingerprint density at radius 2 is 1.80 bits per heavy atom. The molecule has 0 saturated carbocycles. The number of nitrogens with two attached hydrogens (primary N) is 1. The third-order valence-electron chi connectivity index (χ3n) is 4.43. The summed E-state index contributed by atoms with van der Waals surface area (Å²) in [5, 5.41) is 64.4. The van der Waals surface area contributed by atoms with Crippen molar-refractivity contribution < 1.29 is 73.1 Å². The van der Waals surface area contributed by atoms with Crippen molar-refractivity contribution in [3.63, 3.8) is 0 Å². The first-order valence-electron chi connectivity index (χ1n) is 9.30. The Morgan fingerprint density at radius 3 is 2.23 bits per heavy atom. The number of phosphoric acid groups is 2. The molecule has 2 rings (SSSR count). The number of nitrogens with zero attached hydrogens (tertiary/aromatic N) is 2. The fraction of sp³-hybridized carbons (Fsp3) is 0.714. The average molecular weight is 555 g/mol. The van der Waals surface area contributed by atoms with Gasteiger partial charge >= 0.3 is 21.3 Å². The minimum atomic E-state index is -5.38. The molecule has 1 aromatic heterocycles. The summed E-state index contributed by atoms with van der Waals surface area (Å²) in [6.45, 7) is -0.718. The molecule has 8 atom stereocenters. The second kappa shape index (κ2) is 12.2. The Balaban J connectivity index is 0.000000350. The predicted molar refractivity (Wildman–Crippen MR) is 110 cm³/mol. The normalized spacial score (nSPS) is 27.7. The Bertz CT molecular complexity index is 984. The molecule has 0 aliphatic carbocycles. The number of hydrogen-bond acceptors (Lipinski definition) is 15. The second-order valence-corrected chi connectivity index (χ2v) is 9.98. The van der Waals surface area contributed by atoms with Crippen molar-refractivity contribution >= 4 is 21.5 Å². The zero-order valence-corrected chi connectivity index (χ0v) is 19.6. The zero-order chi connectivity index (χ0) is 27.4. The molecule has 12 N–H and O–H groups in total. The lowest BCUT2D eigenvalue weighted by molar-refractivity contribution is -0.214. The van der Waals surface area contributed by atoms with E-state index in [1.165, 1.54) is 12.3 Å². The van der Waals surface area contributed by atoms with Crippen LogP contribution in [0.3, 0.4) is 0 Å². The van der Waals surface area contributed by atoms with E-state index >= 15 is 0 Å². The molecule has 1 aliphatic heterocycles. The summed E-state index contributed by atoms with van der Waals surface area (Å²) < 4.78 is 34.7. The summed E-state index contributed by atoms with van der Waals surface area (Å²) in [6.07, 6.45) is -7.76. The fourth-order valence-corrected chi connectivity index (χ4v) is 4.16. The highest BCUT2D eigenvalue weighted by molar-refractivity contribution is 7.60. The standard InChI is InChI=1S/C9H13N3O5.C5H14O11P2/c10-5-1-2-12(9(16)11-5)8-7(15)6(14)4(3-13)17-8;1-5(9,3(7)2-6)4(8)15-18(13,14)16-17(10,11)12/h1-2,4,6-8,13-15H,3H2,(H2,10,11,16);3-4,6-9H,2H2,1H3,(H,13,14)(H2,10,11,12)/t4-,6-,7-,8-;3-,4?,5-/m11/s1. The van der Waals surface area contributed by atoms with Crippen LogP contribution >= 0.6 is 15.6 Å². The van der Waals surface area contributed by atoms with E-state index in [1.807, 2.05) is 0 Å². The Morgan fingerprint density at radius 1 is 1.23 bits per heavy atom. The van der Waals surface area contributed by atoms with Gasteiger partial charge in [-0.2, -0.15) is 9.29 Å². The predicted octanol–water partition coefficient (Wildman–Crippen LogP) is -4.93. The van der Waals surface area contributed by atoms with E-state index in [1.54, 1.807) is 0 Å². The van der Waals surface area contributed by atoms with Crippen LogP contribution in [-0.4, -0.2) is 109 Å². The summed E-state index contributed by atoms with van der Waals surface area (Å²) >= 11 is 0. The van der Waals surface area contributed by atoms with Gasteiger partial charge in [0.25, 0.3) is 0 Å². The first-order chi connectivity index (χ1) is 15.9. The Hall–Kier alpha value is -1.38. The van der Waals surface area contributed by atoms with Gasteiger partial charge in [0.1, 0.15) is 35.8 Å². The van der Waals surface area contributed by atoms with Gasteiger partial charge in [-0.05, 0) is 13.0 Å². The largest absolute Gasteiger partial charge is 0.483 e. The summed E-state index contributed by atoms with van der Waals surface area (Å²) in [7, 11) is -10.8. The van der Waals surface area contributed by atoms with Gasteiger partial charge in [0.2, 0.25) is 0 Å². The summed E-state index contributed by atoms with van der Waals surface area (Å²) in [5.74, 6) is 0.0537. The maximum Gasteiger partial charge on any atom is 0.483 e. The molecular weight excluding hydrogens is 528 g/mol. The molecule has 0 amide bonds. The first kappa shape index (κ1) is 31.6. The van der Waals surface area contributed by atoms with Crippen molar-refractivity contribution in [1.29, 1.82) is 0 Å².